The molecule has 0 unspecified atom stereocenters. The molecule has 1 aliphatic rings. The van der Waals surface area contributed by atoms with Crippen molar-refractivity contribution in [3.8, 4) is 5.75 Å². The van der Waals surface area contributed by atoms with Gasteiger partial charge in [0.05, 0.1) is 16.3 Å². The summed E-state index contributed by atoms with van der Waals surface area (Å²) in [6, 6.07) is 23.7. The van der Waals surface area contributed by atoms with E-state index < -0.39 is 0 Å². The first kappa shape index (κ1) is 28.6. The van der Waals surface area contributed by atoms with Crippen LogP contribution in [0.25, 0.3) is 6.08 Å². The van der Waals surface area contributed by atoms with Crippen molar-refractivity contribution < 1.29 is 9.53 Å². The number of amidine groups is 1. The van der Waals surface area contributed by atoms with E-state index in [4.69, 9.17) is 56.1 Å². The Hall–Kier alpha value is -2.93. The summed E-state index contributed by atoms with van der Waals surface area (Å²) in [6.07, 6.45) is 1.77. The highest BCUT2D eigenvalue weighted by molar-refractivity contribution is 8.19. The number of halogens is 4. The summed E-state index contributed by atoms with van der Waals surface area (Å²) in [5.74, 6) is 0.339. The van der Waals surface area contributed by atoms with Crippen LogP contribution < -0.4 is 9.64 Å². The van der Waals surface area contributed by atoms with Crippen LogP contribution in [0, 0.1) is 13.8 Å². The van der Waals surface area contributed by atoms with Crippen molar-refractivity contribution in [2.24, 2.45) is 4.99 Å². The molecule has 0 atom stereocenters. The van der Waals surface area contributed by atoms with Crippen LogP contribution in [0.1, 0.15) is 22.3 Å². The molecule has 1 amide bonds. The van der Waals surface area contributed by atoms with Crippen LogP contribution in [0.3, 0.4) is 0 Å². The Morgan fingerprint density at radius 2 is 1.50 bits per heavy atom. The lowest BCUT2D eigenvalue weighted by molar-refractivity contribution is -0.113. The van der Waals surface area contributed by atoms with Crippen molar-refractivity contribution in [1.82, 2.24) is 0 Å². The highest BCUT2D eigenvalue weighted by Gasteiger charge is 2.35. The first-order valence-corrected chi connectivity index (χ1v) is 14.5. The molecule has 9 heteroatoms. The average Bonchev–Trinajstić information content (AvgIpc) is 3.22. The second-order valence-corrected chi connectivity index (χ2v) is 11.8. The number of hydrogen-bond acceptors (Lipinski definition) is 4. The lowest BCUT2D eigenvalue weighted by Crippen LogP contribution is -2.28. The summed E-state index contributed by atoms with van der Waals surface area (Å²) in [6.45, 7) is 4.16. The number of carbonyl (C=O) groups is 1. The number of ether oxygens (including phenoxy) is 1. The van der Waals surface area contributed by atoms with E-state index in [-0.39, 0.29) is 5.91 Å². The molecule has 4 nitrogen and oxygen atoms in total. The Balaban J connectivity index is 1.53. The third-order valence-corrected chi connectivity index (χ3v) is 8.44. The number of hydrogen-bond donors (Lipinski definition) is 0. The third kappa shape index (κ3) is 6.51. The number of aryl methyl sites for hydroxylation is 2. The topological polar surface area (TPSA) is 41.9 Å². The third-order valence-electron chi connectivity index (χ3n) is 6.17. The summed E-state index contributed by atoms with van der Waals surface area (Å²) >= 11 is 26.4. The SMILES string of the molecule is Cc1ccc(N=C2S/C(=C/c3cc(Cl)ccc3OCc3ccc(Cl)cc3)C(=O)N2c2ccc(C)c(Cl)c2)cc1Cl. The van der Waals surface area contributed by atoms with E-state index in [0.29, 0.717) is 59.5 Å². The number of rotatable bonds is 6. The number of amides is 1. The molecule has 1 heterocycles. The summed E-state index contributed by atoms with van der Waals surface area (Å²) in [4.78, 5) is 20.6. The van der Waals surface area contributed by atoms with Gasteiger partial charge in [-0.05, 0) is 103 Å². The van der Waals surface area contributed by atoms with E-state index in [9.17, 15) is 4.79 Å². The lowest BCUT2D eigenvalue weighted by Gasteiger charge is -2.16. The van der Waals surface area contributed by atoms with Crippen LogP contribution in [0.4, 0.5) is 11.4 Å². The lowest BCUT2D eigenvalue weighted by atomic mass is 10.1. The molecule has 5 rings (SSSR count). The van der Waals surface area contributed by atoms with Crippen molar-refractivity contribution in [2.45, 2.75) is 20.5 Å². The normalized spacial score (nSPS) is 15.3. The van der Waals surface area contributed by atoms with Crippen LogP contribution >= 0.6 is 58.2 Å². The fraction of sp³-hybridized carbons (Fsp3) is 0.0968. The van der Waals surface area contributed by atoms with E-state index in [2.05, 4.69) is 0 Å². The first-order chi connectivity index (χ1) is 19.2. The molecule has 40 heavy (non-hydrogen) atoms. The highest BCUT2D eigenvalue weighted by atomic mass is 35.5. The van der Waals surface area contributed by atoms with E-state index in [1.54, 1.807) is 41.3 Å². The van der Waals surface area contributed by atoms with Gasteiger partial charge < -0.3 is 4.74 Å². The maximum atomic E-state index is 13.8. The Labute approximate surface area is 257 Å². The number of nitrogens with zero attached hydrogens (tertiary/aromatic N) is 2. The van der Waals surface area contributed by atoms with Crippen LogP contribution in [0.15, 0.2) is 88.8 Å². The molecule has 1 fully saturated rings. The summed E-state index contributed by atoms with van der Waals surface area (Å²) in [7, 11) is 0. The molecule has 0 aromatic heterocycles. The Morgan fingerprint density at radius 3 is 2.20 bits per heavy atom. The molecule has 0 radical (unpaired) electrons. The minimum absolute atomic E-state index is 0.245. The molecule has 0 spiro atoms. The average molecular weight is 628 g/mol. The van der Waals surface area contributed by atoms with Gasteiger partial charge in [0, 0.05) is 25.7 Å². The van der Waals surface area contributed by atoms with Crippen molar-refractivity contribution >= 4 is 86.7 Å². The highest BCUT2D eigenvalue weighted by Crippen LogP contribution is 2.40. The van der Waals surface area contributed by atoms with Gasteiger partial charge in [-0.15, -0.1) is 0 Å². The van der Waals surface area contributed by atoms with Gasteiger partial charge >= 0.3 is 0 Å². The number of thioether (sulfide) groups is 1. The zero-order valence-corrected chi connectivity index (χ0v) is 25.3. The number of aliphatic imine (C=N–C) groups is 1. The van der Waals surface area contributed by atoms with Gasteiger partial charge in [0.1, 0.15) is 12.4 Å². The van der Waals surface area contributed by atoms with Crippen LogP contribution in [-0.2, 0) is 11.4 Å². The monoisotopic (exact) mass is 626 g/mol. The van der Waals surface area contributed by atoms with Gasteiger partial charge in [0.25, 0.3) is 5.91 Å². The van der Waals surface area contributed by atoms with Crippen molar-refractivity contribution in [3.05, 3.63) is 126 Å². The maximum absolute atomic E-state index is 13.8. The zero-order valence-electron chi connectivity index (χ0n) is 21.4. The van der Waals surface area contributed by atoms with Gasteiger partial charge in [0.2, 0.25) is 0 Å². The van der Waals surface area contributed by atoms with Gasteiger partial charge in [-0.3, -0.25) is 9.69 Å². The largest absolute Gasteiger partial charge is 0.488 e. The smallest absolute Gasteiger partial charge is 0.271 e. The molecule has 0 bridgehead atoms. The van der Waals surface area contributed by atoms with Gasteiger partial charge in [-0.25, -0.2) is 4.99 Å². The quantitative estimate of drug-likeness (QED) is 0.200. The first-order valence-electron chi connectivity index (χ1n) is 12.2. The maximum Gasteiger partial charge on any atom is 0.271 e. The van der Waals surface area contributed by atoms with E-state index in [1.807, 2.05) is 62.4 Å². The second-order valence-electron chi connectivity index (χ2n) is 9.11. The zero-order chi connectivity index (χ0) is 28.4. The minimum atomic E-state index is -0.245. The molecule has 1 saturated heterocycles. The molecule has 202 valence electrons. The van der Waals surface area contributed by atoms with E-state index >= 15 is 0 Å². The molecular weight excluding hydrogens is 606 g/mol. The fourth-order valence-electron chi connectivity index (χ4n) is 3.91. The van der Waals surface area contributed by atoms with Crippen LogP contribution in [-0.4, -0.2) is 11.1 Å². The van der Waals surface area contributed by atoms with Gasteiger partial charge in [-0.2, -0.15) is 0 Å². The summed E-state index contributed by atoms with van der Waals surface area (Å²) < 4.78 is 6.11. The Kier molecular flexibility index (Phi) is 8.79. The summed E-state index contributed by atoms with van der Waals surface area (Å²) in [5, 5.41) is 2.80. The predicted octanol–water partition coefficient (Wildman–Crippen LogP) is 10.3. The van der Waals surface area contributed by atoms with Gasteiger partial charge in [0.15, 0.2) is 5.17 Å². The van der Waals surface area contributed by atoms with Crippen LogP contribution in [0.2, 0.25) is 20.1 Å². The molecule has 4 aromatic carbocycles. The van der Waals surface area contributed by atoms with Crippen LogP contribution in [0.5, 0.6) is 5.75 Å². The predicted molar refractivity (Wildman–Crippen MR) is 170 cm³/mol. The second kappa shape index (κ2) is 12.3. The minimum Gasteiger partial charge on any atom is -0.488 e. The number of anilines is 1. The number of carbonyl (C=O) groups excluding carboxylic acids is 1. The molecule has 1 aliphatic heterocycles. The van der Waals surface area contributed by atoms with E-state index in [0.717, 1.165) is 16.7 Å². The number of benzene rings is 4. The van der Waals surface area contributed by atoms with Crippen molar-refractivity contribution in [2.75, 3.05) is 4.90 Å². The Bertz CT molecular complexity index is 1670. The van der Waals surface area contributed by atoms with Crippen molar-refractivity contribution in [3.63, 3.8) is 0 Å². The van der Waals surface area contributed by atoms with Crippen molar-refractivity contribution in [1.29, 1.82) is 0 Å². The molecule has 4 aromatic rings. The molecule has 0 aliphatic carbocycles. The summed E-state index contributed by atoms with van der Waals surface area (Å²) in [5.41, 5.74) is 4.71. The molecular formula is C31H22Cl4N2O2S. The van der Waals surface area contributed by atoms with E-state index in [1.165, 1.54) is 11.8 Å². The van der Waals surface area contributed by atoms with Gasteiger partial charge in [-0.1, -0.05) is 70.7 Å². The standard InChI is InChI=1S/C31H22Cl4N2O2S/c1-18-3-10-24(15-26(18)34)36-31-37(25-11-4-19(2)27(35)16-25)30(38)29(40-31)14-21-13-23(33)9-12-28(21)39-17-20-5-7-22(32)8-6-20/h3-16H,17H2,1-2H3/b29-14+,36-31?. The molecule has 0 N–H and O–H groups in total. The fourth-order valence-corrected chi connectivity index (χ4v) is 5.55. The molecule has 0 saturated carbocycles. The Morgan fingerprint density at radius 1 is 0.825 bits per heavy atom.